The lowest BCUT2D eigenvalue weighted by Gasteiger charge is -2.09. The van der Waals surface area contributed by atoms with E-state index in [9.17, 15) is 9.59 Å². The van der Waals surface area contributed by atoms with Gasteiger partial charge in [0.1, 0.15) is 0 Å². The number of ether oxygens (including phenoxy) is 2. The molecule has 1 aromatic heterocycles. The van der Waals surface area contributed by atoms with Crippen LogP contribution in [0.5, 0.6) is 0 Å². The standard InChI is InChI=1S/C19H22N2O4S/c1-3-24-18(22)17(19(23)25-4-2)13-21-15-9-7-14(8-10-15)20-12-16-6-5-11-26-16/h5-11,13,20-21H,3-4,12H2,1-2H3. The molecular weight excluding hydrogens is 352 g/mol. The molecule has 2 rings (SSSR count). The van der Waals surface area contributed by atoms with Gasteiger partial charge in [0.2, 0.25) is 0 Å². The quantitative estimate of drug-likeness (QED) is 0.301. The van der Waals surface area contributed by atoms with Crippen LogP contribution in [0.1, 0.15) is 18.7 Å². The van der Waals surface area contributed by atoms with Crippen molar-refractivity contribution in [2.24, 2.45) is 0 Å². The van der Waals surface area contributed by atoms with Crippen LogP contribution in [-0.2, 0) is 25.6 Å². The first-order valence-electron chi connectivity index (χ1n) is 8.31. The molecule has 2 aromatic rings. The van der Waals surface area contributed by atoms with Gasteiger partial charge in [-0.25, -0.2) is 9.59 Å². The highest BCUT2D eigenvalue weighted by atomic mass is 32.1. The topological polar surface area (TPSA) is 76.7 Å². The van der Waals surface area contributed by atoms with Crippen molar-refractivity contribution in [2.75, 3.05) is 23.8 Å². The third-order valence-electron chi connectivity index (χ3n) is 3.31. The second kappa shape index (κ2) is 10.2. The Morgan fingerprint density at radius 1 is 1.00 bits per heavy atom. The van der Waals surface area contributed by atoms with E-state index in [1.807, 2.05) is 35.7 Å². The van der Waals surface area contributed by atoms with Crippen LogP contribution in [0.3, 0.4) is 0 Å². The van der Waals surface area contributed by atoms with Gasteiger partial charge in [0.05, 0.1) is 13.2 Å². The minimum Gasteiger partial charge on any atom is -0.462 e. The lowest BCUT2D eigenvalue weighted by atomic mass is 10.2. The Morgan fingerprint density at radius 2 is 1.62 bits per heavy atom. The fourth-order valence-corrected chi connectivity index (χ4v) is 2.71. The van der Waals surface area contributed by atoms with Crippen molar-refractivity contribution in [1.29, 1.82) is 0 Å². The molecule has 0 atom stereocenters. The summed E-state index contributed by atoms with van der Waals surface area (Å²) < 4.78 is 9.78. The Kier molecular flexibility index (Phi) is 7.70. The molecule has 6 nitrogen and oxygen atoms in total. The average Bonchev–Trinajstić information content (AvgIpc) is 3.15. The number of rotatable bonds is 9. The SMILES string of the molecule is CCOC(=O)C(=CNc1ccc(NCc2cccs2)cc1)C(=O)OCC. The predicted molar refractivity (Wildman–Crippen MR) is 103 cm³/mol. The molecular formula is C19H22N2O4S. The molecule has 0 saturated heterocycles. The van der Waals surface area contributed by atoms with Gasteiger partial charge in [-0.1, -0.05) is 6.07 Å². The molecule has 0 spiro atoms. The Balaban J connectivity index is 1.99. The lowest BCUT2D eigenvalue weighted by molar-refractivity contribution is -0.146. The Morgan fingerprint density at radius 3 is 2.15 bits per heavy atom. The van der Waals surface area contributed by atoms with Gasteiger partial charge in [-0.05, 0) is 49.6 Å². The van der Waals surface area contributed by atoms with Crippen molar-refractivity contribution in [1.82, 2.24) is 0 Å². The Labute approximate surface area is 156 Å². The molecule has 0 unspecified atom stereocenters. The van der Waals surface area contributed by atoms with Crippen LogP contribution >= 0.6 is 11.3 Å². The summed E-state index contributed by atoms with van der Waals surface area (Å²) in [7, 11) is 0. The number of hydrogen-bond acceptors (Lipinski definition) is 7. The maximum atomic E-state index is 11.9. The van der Waals surface area contributed by atoms with E-state index < -0.39 is 11.9 Å². The maximum absolute atomic E-state index is 11.9. The predicted octanol–water partition coefficient (Wildman–Crippen LogP) is 3.78. The van der Waals surface area contributed by atoms with Gasteiger partial charge < -0.3 is 20.1 Å². The van der Waals surface area contributed by atoms with E-state index in [0.717, 1.165) is 17.9 Å². The summed E-state index contributed by atoms with van der Waals surface area (Å²) in [5.41, 5.74) is 1.54. The van der Waals surface area contributed by atoms with E-state index >= 15 is 0 Å². The second-order valence-corrected chi connectivity index (χ2v) is 6.19. The van der Waals surface area contributed by atoms with E-state index in [2.05, 4.69) is 16.7 Å². The minimum atomic E-state index is -0.715. The average molecular weight is 374 g/mol. The summed E-state index contributed by atoms with van der Waals surface area (Å²) >= 11 is 1.70. The van der Waals surface area contributed by atoms with E-state index in [4.69, 9.17) is 9.47 Å². The molecule has 26 heavy (non-hydrogen) atoms. The third-order valence-corrected chi connectivity index (χ3v) is 4.18. The number of anilines is 2. The molecule has 0 amide bonds. The van der Waals surface area contributed by atoms with Gasteiger partial charge in [0.25, 0.3) is 0 Å². The zero-order valence-electron chi connectivity index (χ0n) is 14.8. The first-order valence-corrected chi connectivity index (χ1v) is 9.19. The molecule has 0 radical (unpaired) electrons. The molecule has 1 aromatic carbocycles. The van der Waals surface area contributed by atoms with Crippen LogP contribution in [0.15, 0.2) is 53.6 Å². The second-order valence-electron chi connectivity index (χ2n) is 5.15. The molecule has 7 heteroatoms. The molecule has 0 aliphatic rings. The van der Waals surface area contributed by atoms with Crippen LogP contribution < -0.4 is 10.6 Å². The highest BCUT2D eigenvalue weighted by Crippen LogP contribution is 2.16. The summed E-state index contributed by atoms with van der Waals surface area (Å²) in [6.07, 6.45) is 1.31. The lowest BCUT2D eigenvalue weighted by Crippen LogP contribution is -2.19. The van der Waals surface area contributed by atoms with Crippen LogP contribution in [-0.4, -0.2) is 25.2 Å². The van der Waals surface area contributed by atoms with Gasteiger partial charge in [0, 0.05) is 29.0 Å². The zero-order chi connectivity index (χ0) is 18.8. The monoisotopic (exact) mass is 374 g/mol. The van der Waals surface area contributed by atoms with Crippen LogP contribution in [0.25, 0.3) is 0 Å². The van der Waals surface area contributed by atoms with Crippen molar-refractivity contribution in [3.8, 4) is 0 Å². The third kappa shape index (κ3) is 5.93. The molecule has 138 valence electrons. The number of thiophene rings is 1. The van der Waals surface area contributed by atoms with Crippen molar-refractivity contribution < 1.29 is 19.1 Å². The van der Waals surface area contributed by atoms with Crippen LogP contribution in [0.2, 0.25) is 0 Å². The molecule has 0 bridgehead atoms. The normalized spacial score (nSPS) is 9.92. The van der Waals surface area contributed by atoms with Crippen molar-refractivity contribution in [3.05, 3.63) is 58.4 Å². The van der Waals surface area contributed by atoms with Gasteiger partial charge >= 0.3 is 11.9 Å². The first kappa shape index (κ1) is 19.5. The summed E-state index contributed by atoms with van der Waals surface area (Å²) in [5.74, 6) is -1.43. The fraction of sp³-hybridized carbons (Fsp3) is 0.263. The number of carbonyl (C=O) groups excluding carboxylic acids is 2. The molecule has 0 fully saturated rings. The van der Waals surface area contributed by atoms with E-state index in [-0.39, 0.29) is 18.8 Å². The summed E-state index contributed by atoms with van der Waals surface area (Å²) in [4.78, 5) is 25.0. The number of nitrogens with one attached hydrogen (secondary N) is 2. The number of benzene rings is 1. The summed E-state index contributed by atoms with van der Waals surface area (Å²) in [5, 5.41) is 8.30. The largest absolute Gasteiger partial charge is 0.462 e. The Hall–Kier alpha value is -2.80. The van der Waals surface area contributed by atoms with E-state index in [0.29, 0.717) is 0 Å². The van der Waals surface area contributed by atoms with Crippen molar-refractivity contribution >= 4 is 34.7 Å². The molecule has 1 heterocycles. The number of carbonyl (C=O) groups is 2. The molecule has 0 aliphatic heterocycles. The Bertz CT molecular complexity index is 719. The van der Waals surface area contributed by atoms with E-state index in [1.165, 1.54) is 11.1 Å². The highest BCUT2D eigenvalue weighted by molar-refractivity contribution is 7.09. The summed E-state index contributed by atoms with van der Waals surface area (Å²) in [6.45, 7) is 4.48. The van der Waals surface area contributed by atoms with Crippen molar-refractivity contribution in [2.45, 2.75) is 20.4 Å². The number of esters is 2. The van der Waals surface area contributed by atoms with Crippen LogP contribution in [0.4, 0.5) is 11.4 Å². The van der Waals surface area contributed by atoms with Crippen molar-refractivity contribution in [3.63, 3.8) is 0 Å². The van der Waals surface area contributed by atoms with Gasteiger partial charge in [-0.15, -0.1) is 11.3 Å². The summed E-state index contributed by atoms with van der Waals surface area (Å²) in [6, 6.07) is 11.6. The number of hydrogen-bond donors (Lipinski definition) is 2. The first-order chi connectivity index (χ1) is 12.6. The molecule has 0 aliphatic carbocycles. The van der Waals surface area contributed by atoms with Gasteiger partial charge in [-0.3, -0.25) is 0 Å². The van der Waals surface area contributed by atoms with E-state index in [1.54, 1.807) is 25.2 Å². The highest BCUT2D eigenvalue weighted by Gasteiger charge is 2.20. The smallest absolute Gasteiger partial charge is 0.347 e. The fourth-order valence-electron chi connectivity index (χ4n) is 2.06. The molecule has 2 N–H and O–H groups in total. The maximum Gasteiger partial charge on any atom is 0.347 e. The van der Waals surface area contributed by atoms with Crippen LogP contribution in [0, 0.1) is 0 Å². The minimum absolute atomic E-state index is 0.173. The zero-order valence-corrected chi connectivity index (χ0v) is 15.6. The molecule has 0 saturated carbocycles. The van der Waals surface area contributed by atoms with Gasteiger partial charge in [-0.2, -0.15) is 0 Å². The van der Waals surface area contributed by atoms with Gasteiger partial charge in [0.15, 0.2) is 5.57 Å².